The Morgan fingerprint density at radius 1 is 0.382 bits per heavy atom. The van der Waals surface area contributed by atoms with Crippen molar-refractivity contribution in [3.8, 4) is 44.5 Å². The van der Waals surface area contributed by atoms with Crippen LogP contribution in [0.25, 0.3) is 49.4 Å². The summed E-state index contributed by atoms with van der Waals surface area (Å²) in [7, 11) is 0. The van der Waals surface area contributed by atoms with Gasteiger partial charge in [0.05, 0.1) is 12.0 Å². The molecular weight excluding hydrogens is 665 g/mol. The van der Waals surface area contributed by atoms with Crippen molar-refractivity contribution >= 4 is 22.7 Å². The van der Waals surface area contributed by atoms with Crippen LogP contribution in [0.5, 0.6) is 0 Å². The third-order valence-corrected chi connectivity index (χ3v) is 12.5. The minimum atomic E-state index is -0.557. The van der Waals surface area contributed by atoms with E-state index in [9.17, 15) is 0 Å². The molecule has 0 radical (unpaired) electrons. The molecular formula is C53H36N2. The lowest BCUT2D eigenvalue weighted by Crippen LogP contribution is -2.26. The Hall–Kier alpha value is -6.95. The van der Waals surface area contributed by atoms with Gasteiger partial charge in [0, 0.05) is 22.5 Å². The van der Waals surface area contributed by atoms with Crippen LogP contribution in [0.3, 0.4) is 0 Å². The summed E-state index contributed by atoms with van der Waals surface area (Å²) in [5, 5.41) is 0. The lowest BCUT2D eigenvalue weighted by Gasteiger charge is -2.33. The minimum Gasteiger partial charge on any atom is -0.310 e. The van der Waals surface area contributed by atoms with Crippen LogP contribution in [0, 0.1) is 6.57 Å². The number of benzene rings is 8. The SMILES string of the molecule is [C-]#[N+]c1ccc2c(c1)C1(c3ccccc3-2)c2ccccc2-c2ccc(N(c3ccc(-c4ccccc4)cc3)c3ccc4c(c3)C(C)(C)c3ccccc3-4)cc21. The van der Waals surface area contributed by atoms with Gasteiger partial charge in [-0.05, 0) is 114 Å². The monoisotopic (exact) mass is 700 g/mol. The van der Waals surface area contributed by atoms with Gasteiger partial charge in [0.2, 0.25) is 0 Å². The van der Waals surface area contributed by atoms with Crippen molar-refractivity contribution < 1.29 is 0 Å². The second kappa shape index (κ2) is 11.5. The van der Waals surface area contributed by atoms with Crippen molar-refractivity contribution in [1.82, 2.24) is 0 Å². The average molecular weight is 701 g/mol. The van der Waals surface area contributed by atoms with Crippen LogP contribution in [-0.2, 0) is 10.8 Å². The maximum atomic E-state index is 8.01. The molecule has 8 aromatic rings. The molecule has 258 valence electrons. The van der Waals surface area contributed by atoms with Gasteiger partial charge in [0.1, 0.15) is 0 Å². The molecule has 2 nitrogen and oxygen atoms in total. The quantitative estimate of drug-likeness (QED) is 0.166. The molecule has 11 rings (SSSR count). The molecule has 55 heavy (non-hydrogen) atoms. The maximum absolute atomic E-state index is 8.01. The van der Waals surface area contributed by atoms with Gasteiger partial charge in [-0.15, -0.1) is 0 Å². The molecule has 0 N–H and O–H groups in total. The first-order chi connectivity index (χ1) is 27.0. The highest BCUT2D eigenvalue weighted by Crippen LogP contribution is 2.64. The summed E-state index contributed by atoms with van der Waals surface area (Å²) in [6.07, 6.45) is 0. The molecule has 1 atom stereocenters. The van der Waals surface area contributed by atoms with E-state index < -0.39 is 5.41 Å². The smallest absolute Gasteiger partial charge is 0.187 e. The second-order valence-electron chi connectivity index (χ2n) is 15.6. The Morgan fingerprint density at radius 3 is 1.44 bits per heavy atom. The van der Waals surface area contributed by atoms with E-state index in [-0.39, 0.29) is 5.41 Å². The van der Waals surface area contributed by atoms with Gasteiger partial charge >= 0.3 is 0 Å². The number of nitrogens with zero attached hydrogens (tertiary/aromatic N) is 2. The highest BCUT2D eigenvalue weighted by Gasteiger charge is 2.51. The molecule has 1 spiro atoms. The Balaban J connectivity index is 1.16. The van der Waals surface area contributed by atoms with Crippen LogP contribution >= 0.6 is 0 Å². The normalized spacial score (nSPS) is 16.0. The third-order valence-electron chi connectivity index (χ3n) is 12.5. The number of anilines is 3. The second-order valence-corrected chi connectivity index (χ2v) is 15.6. The standard InChI is InChI=1S/C53H36N2/c1-52(2)46-18-10-7-15-40(46)43-29-26-38(32-49(43)52)55(37-24-21-35(22-25-37)34-13-5-4-6-14-34)39-27-30-45-42-17-9-12-20-48(42)53(51(45)33-39)47-19-11-8-16-41(47)44-28-23-36(54-3)31-50(44)53/h4-33H,1-2H3. The molecule has 0 amide bonds. The van der Waals surface area contributed by atoms with Crippen molar-refractivity contribution in [2.24, 2.45) is 0 Å². The van der Waals surface area contributed by atoms with Crippen molar-refractivity contribution in [2.75, 3.05) is 4.90 Å². The fourth-order valence-corrected chi connectivity index (χ4v) is 10.0. The summed E-state index contributed by atoms with van der Waals surface area (Å²) in [4.78, 5) is 6.36. The Kier molecular flexibility index (Phi) is 6.61. The van der Waals surface area contributed by atoms with E-state index in [0.717, 1.165) is 17.1 Å². The Bertz CT molecular complexity index is 2900. The molecule has 0 saturated heterocycles. The van der Waals surface area contributed by atoms with Crippen LogP contribution in [0.4, 0.5) is 22.7 Å². The zero-order valence-electron chi connectivity index (χ0n) is 30.7. The summed E-state index contributed by atoms with van der Waals surface area (Å²) >= 11 is 0. The minimum absolute atomic E-state index is 0.133. The van der Waals surface area contributed by atoms with Crippen molar-refractivity contribution in [3.05, 3.63) is 227 Å². The first-order valence-corrected chi connectivity index (χ1v) is 19.0. The molecule has 3 aliphatic carbocycles. The molecule has 0 saturated carbocycles. The van der Waals surface area contributed by atoms with Crippen LogP contribution in [-0.4, -0.2) is 0 Å². The Labute approximate surface area is 322 Å². The zero-order chi connectivity index (χ0) is 36.9. The summed E-state index contributed by atoms with van der Waals surface area (Å²) in [5.41, 5.74) is 20.9. The Morgan fingerprint density at radius 2 is 0.818 bits per heavy atom. The molecule has 1 unspecified atom stereocenters. The average Bonchev–Trinajstić information content (AvgIpc) is 3.79. The molecule has 0 fully saturated rings. The first-order valence-electron chi connectivity index (χ1n) is 19.0. The predicted octanol–water partition coefficient (Wildman–Crippen LogP) is 14.0. The molecule has 8 aromatic carbocycles. The molecule has 2 heteroatoms. The molecule has 0 aliphatic heterocycles. The van der Waals surface area contributed by atoms with Gasteiger partial charge in [0.15, 0.2) is 5.69 Å². The van der Waals surface area contributed by atoms with Crippen molar-refractivity contribution in [3.63, 3.8) is 0 Å². The predicted molar refractivity (Wildman–Crippen MR) is 227 cm³/mol. The van der Waals surface area contributed by atoms with E-state index in [1.807, 2.05) is 6.07 Å². The van der Waals surface area contributed by atoms with Gasteiger partial charge in [-0.2, -0.15) is 0 Å². The number of rotatable bonds is 4. The highest BCUT2D eigenvalue weighted by atomic mass is 15.1. The number of hydrogen-bond donors (Lipinski definition) is 0. The van der Waals surface area contributed by atoms with Crippen molar-refractivity contribution in [1.29, 1.82) is 0 Å². The molecule has 0 heterocycles. The fraction of sp³-hybridized carbons (Fsp3) is 0.0755. The largest absolute Gasteiger partial charge is 0.310 e. The van der Waals surface area contributed by atoms with E-state index in [4.69, 9.17) is 6.57 Å². The lowest BCUT2D eigenvalue weighted by molar-refractivity contribution is 0.660. The van der Waals surface area contributed by atoms with E-state index in [0.29, 0.717) is 5.69 Å². The van der Waals surface area contributed by atoms with Crippen LogP contribution in [0.2, 0.25) is 0 Å². The molecule has 0 bridgehead atoms. The molecule has 0 aromatic heterocycles. The summed E-state index contributed by atoms with van der Waals surface area (Å²) in [6, 6.07) is 66.5. The topological polar surface area (TPSA) is 7.60 Å². The van der Waals surface area contributed by atoms with E-state index in [2.05, 4.69) is 200 Å². The van der Waals surface area contributed by atoms with E-state index in [1.54, 1.807) is 0 Å². The summed E-state index contributed by atoms with van der Waals surface area (Å²) < 4.78 is 0. The van der Waals surface area contributed by atoms with Gasteiger partial charge in [-0.25, -0.2) is 4.85 Å². The van der Waals surface area contributed by atoms with Crippen LogP contribution in [0.15, 0.2) is 182 Å². The van der Waals surface area contributed by atoms with Gasteiger partial charge in [-0.3, -0.25) is 0 Å². The van der Waals surface area contributed by atoms with Gasteiger partial charge in [-0.1, -0.05) is 159 Å². The third kappa shape index (κ3) is 4.30. The van der Waals surface area contributed by atoms with Crippen LogP contribution < -0.4 is 4.90 Å². The summed E-state index contributed by atoms with van der Waals surface area (Å²) in [6.45, 7) is 12.7. The summed E-state index contributed by atoms with van der Waals surface area (Å²) in [5.74, 6) is 0. The number of hydrogen-bond acceptors (Lipinski definition) is 1. The van der Waals surface area contributed by atoms with E-state index >= 15 is 0 Å². The number of fused-ring (bicyclic) bond motifs is 13. The highest BCUT2D eigenvalue weighted by molar-refractivity contribution is 5.97. The van der Waals surface area contributed by atoms with Gasteiger partial charge in [0.25, 0.3) is 0 Å². The van der Waals surface area contributed by atoms with Crippen LogP contribution in [0.1, 0.15) is 47.2 Å². The lowest BCUT2D eigenvalue weighted by atomic mass is 9.70. The van der Waals surface area contributed by atoms with E-state index in [1.165, 1.54) is 77.9 Å². The maximum Gasteiger partial charge on any atom is 0.187 e. The fourth-order valence-electron chi connectivity index (χ4n) is 10.0. The van der Waals surface area contributed by atoms with Gasteiger partial charge < -0.3 is 4.90 Å². The first kappa shape index (κ1) is 31.6. The zero-order valence-corrected chi connectivity index (χ0v) is 30.7. The van der Waals surface area contributed by atoms with Crippen molar-refractivity contribution in [2.45, 2.75) is 24.7 Å². The molecule has 3 aliphatic rings.